The van der Waals surface area contributed by atoms with Gasteiger partial charge >= 0.3 is 0 Å². The van der Waals surface area contributed by atoms with Crippen LogP contribution in [0.25, 0.3) is 5.69 Å². The molecule has 1 atom stereocenters. The number of amides is 1. The summed E-state index contributed by atoms with van der Waals surface area (Å²) in [7, 11) is 0. The third kappa shape index (κ3) is 3.54. The van der Waals surface area contributed by atoms with Crippen LogP contribution in [-0.4, -0.2) is 32.9 Å². The van der Waals surface area contributed by atoms with Gasteiger partial charge in [0.15, 0.2) is 5.69 Å². The number of hydrogen-bond acceptors (Lipinski definition) is 3. The molecule has 0 radical (unpaired) electrons. The lowest BCUT2D eigenvalue weighted by atomic mass is 9.92. The van der Waals surface area contributed by atoms with Crippen molar-refractivity contribution in [2.45, 2.75) is 33.3 Å². The van der Waals surface area contributed by atoms with E-state index in [1.165, 1.54) is 0 Å². The Labute approximate surface area is 131 Å². The van der Waals surface area contributed by atoms with Gasteiger partial charge in [0.1, 0.15) is 0 Å². The molecule has 22 heavy (non-hydrogen) atoms. The minimum atomic E-state index is -0.938. The number of aromatic nitrogens is 2. The molecule has 0 fully saturated rings. The van der Waals surface area contributed by atoms with Crippen LogP contribution in [0.15, 0.2) is 36.4 Å². The SMILES string of the molecule is Cc1cc(C(=O)NCC(C)(O)C(C)C)nn1-c1ccccc1. The van der Waals surface area contributed by atoms with E-state index < -0.39 is 5.60 Å². The van der Waals surface area contributed by atoms with Gasteiger partial charge in [0.25, 0.3) is 5.91 Å². The van der Waals surface area contributed by atoms with Gasteiger partial charge in [0.2, 0.25) is 0 Å². The molecule has 1 heterocycles. The van der Waals surface area contributed by atoms with Gasteiger partial charge in [-0.25, -0.2) is 4.68 Å². The molecule has 1 unspecified atom stereocenters. The van der Waals surface area contributed by atoms with Gasteiger partial charge < -0.3 is 10.4 Å². The van der Waals surface area contributed by atoms with Crippen molar-refractivity contribution in [1.82, 2.24) is 15.1 Å². The zero-order valence-corrected chi connectivity index (χ0v) is 13.5. The van der Waals surface area contributed by atoms with Gasteiger partial charge in [-0.1, -0.05) is 32.0 Å². The Hall–Kier alpha value is -2.14. The number of carbonyl (C=O) groups excluding carboxylic acids is 1. The first kappa shape index (κ1) is 16.2. The number of carbonyl (C=O) groups is 1. The highest BCUT2D eigenvalue weighted by molar-refractivity contribution is 5.92. The van der Waals surface area contributed by atoms with Crippen LogP contribution in [-0.2, 0) is 0 Å². The molecule has 0 aliphatic carbocycles. The van der Waals surface area contributed by atoms with Crippen LogP contribution in [0.5, 0.6) is 0 Å². The van der Waals surface area contributed by atoms with E-state index >= 15 is 0 Å². The zero-order chi connectivity index (χ0) is 16.3. The zero-order valence-electron chi connectivity index (χ0n) is 13.5. The molecule has 1 aromatic heterocycles. The number of nitrogens with one attached hydrogen (secondary N) is 1. The third-order valence-corrected chi connectivity index (χ3v) is 3.97. The summed E-state index contributed by atoms with van der Waals surface area (Å²) < 4.78 is 1.73. The van der Waals surface area contributed by atoms with Crippen LogP contribution in [0.1, 0.15) is 37.0 Å². The molecule has 2 rings (SSSR count). The van der Waals surface area contributed by atoms with E-state index in [2.05, 4.69) is 10.4 Å². The molecular weight excluding hydrogens is 278 g/mol. The number of aryl methyl sites for hydroxylation is 1. The fourth-order valence-corrected chi connectivity index (χ4v) is 1.97. The highest BCUT2D eigenvalue weighted by atomic mass is 16.3. The first-order valence-corrected chi connectivity index (χ1v) is 7.44. The molecule has 1 aromatic carbocycles. The third-order valence-electron chi connectivity index (χ3n) is 3.97. The molecule has 0 aliphatic rings. The quantitative estimate of drug-likeness (QED) is 0.890. The van der Waals surface area contributed by atoms with E-state index in [-0.39, 0.29) is 18.4 Å². The number of para-hydroxylation sites is 1. The maximum Gasteiger partial charge on any atom is 0.271 e. The van der Waals surface area contributed by atoms with Crippen LogP contribution < -0.4 is 5.32 Å². The molecule has 0 spiro atoms. The molecule has 118 valence electrons. The van der Waals surface area contributed by atoms with E-state index in [0.717, 1.165) is 11.4 Å². The highest BCUT2D eigenvalue weighted by Gasteiger charge is 2.26. The van der Waals surface area contributed by atoms with Crippen molar-refractivity contribution >= 4 is 5.91 Å². The van der Waals surface area contributed by atoms with E-state index in [0.29, 0.717) is 5.69 Å². The van der Waals surface area contributed by atoms with E-state index in [1.807, 2.05) is 51.1 Å². The van der Waals surface area contributed by atoms with Gasteiger partial charge in [-0.2, -0.15) is 5.10 Å². The second-order valence-corrected chi connectivity index (χ2v) is 6.11. The van der Waals surface area contributed by atoms with Crippen molar-refractivity contribution in [2.75, 3.05) is 6.54 Å². The average molecular weight is 301 g/mol. The van der Waals surface area contributed by atoms with E-state index in [1.54, 1.807) is 17.7 Å². The molecule has 2 aromatic rings. The summed E-state index contributed by atoms with van der Waals surface area (Å²) >= 11 is 0. The maximum absolute atomic E-state index is 12.2. The molecular formula is C17H23N3O2. The Balaban J connectivity index is 2.12. The lowest BCUT2D eigenvalue weighted by molar-refractivity contribution is 0.0142. The Kier molecular flexibility index (Phi) is 4.66. The predicted molar refractivity (Wildman–Crippen MR) is 86.1 cm³/mol. The summed E-state index contributed by atoms with van der Waals surface area (Å²) in [5.74, 6) is -0.227. The fraction of sp³-hybridized carbons (Fsp3) is 0.412. The molecule has 0 saturated heterocycles. The van der Waals surface area contributed by atoms with Crippen molar-refractivity contribution in [3.63, 3.8) is 0 Å². The Morgan fingerprint density at radius 3 is 2.59 bits per heavy atom. The lowest BCUT2D eigenvalue weighted by Gasteiger charge is -2.27. The van der Waals surface area contributed by atoms with Gasteiger partial charge in [-0.3, -0.25) is 4.79 Å². The molecule has 1 amide bonds. The predicted octanol–water partition coefficient (Wildman–Crippen LogP) is 2.32. The molecule has 5 nitrogen and oxygen atoms in total. The van der Waals surface area contributed by atoms with Crippen molar-refractivity contribution in [3.8, 4) is 5.69 Å². The summed E-state index contributed by atoms with van der Waals surface area (Å²) in [5, 5.41) is 17.3. The van der Waals surface area contributed by atoms with E-state index in [4.69, 9.17) is 0 Å². The number of nitrogens with zero attached hydrogens (tertiary/aromatic N) is 2. The van der Waals surface area contributed by atoms with Gasteiger partial charge in [-0.05, 0) is 38.0 Å². The van der Waals surface area contributed by atoms with Crippen LogP contribution >= 0.6 is 0 Å². The maximum atomic E-state index is 12.2. The second-order valence-electron chi connectivity index (χ2n) is 6.11. The van der Waals surface area contributed by atoms with Crippen LogP contribution in [0.4, 0.5) is 0 Å². The van der Waals surface area contributed by atoms with E-state index in [9.17, 15) is 9.90 Å². The number of rotatable bonds is 5. The summed E-state index contributed by atoms with van der Waals surface area (Å²) in [5.41, 5.74) is 1.20. The number of hydrogen-bond donors (Lipinski definition) is 2. The Morgan fingerprint density at radius 1 is 1.36 bits per heavy atom. The summed E-state index contributed by atoms with van der Waals surface area (Å²) in [6, 6.07) is 11.4. The van der Waals surface area contributed by atoms with Crippen molar-refractivity contribution < 1.29 is 9.90 Å². The topological polar surface area (TPSA) is 67.2 Å². The van der Waals surface area contributed by atoms with Gasteiger partial charge in [-0.15, -0.1) is 0 Å². The Bertz CT molecular complexity index is 645. The van der Waals surface area contributed by atoms with Crippen molar-refractivity contribution in [3.05, 3.63) is 47.8 Å². The monoisotopic (exact) mass is 301 g/mol. The molecule has 5 heteroatoms. The summed E-state index contributed by atoms with van der Waals surface area (Å²) in [6.45, 7) is 7.65. The largest absolute Gasteiger partial charge is 0.388 e. The van der Waals surface area contributed by atoms with Crippen LogP contribution in [0.3, 0.4) is 0 Å². The second kappa shape index (κ2) is 6.32. The van der Waals surface area contributed by atoms with Gasteiger partial charge in [0.05, 0.1) is 11.3 Å². The van der Waals surface area contributed by atoms with Crippen molar-refractivity contribution in [1.29, 1.82) is 0 Å². The van der Waals surface area contributed by atoms with Gasteiger partial charge in [0, 0.05) is 12.2 Å². The lowest BCUT2D eigenvalue weighted by Crippen LogP contribution is -2.44. The minimum Gasteiger partial charge on any atom is -0.388 e. The fourth-order valence-electron chi connectivity index (χ4n) is 1.97. The number of aliphatic hydroxyl groups is 1. The number of benzene rings is 1. The molecule has 0 saturated carbocycles. The normalized spacial score (nSPS) is 13.9. The van der Waals surface area contributed by atoms with Crippen LogP contribution in [0, 0.1) is 12.8 Å². The van der Waals surface area contributed by atoms with Crippen molar-refractivity contribution in [2.24, 2.45) is 5.92 Å². The average Bonchev–Trinajstić information content (AvgIpc) is 2.87. The Morgan fingerprint density at radius 2 is 2.00 bits per heavy atom. The highest BCUT2D eigenvalue weighted by Crippen LogP contribution is 2.15. The minimum absolute atomic E-state index is 0.0522. The molecule has 2 N–H and O–H groups in total. The summed E-state index contributed by atoms with van der Waals surface area (Å²) in [6.07, 6.45) is 0. The standard InChI is InChI=1S/C17H23N3O2/c1-12(2)17(4,22)11-18-16(21)15-10-13(3)20(19-15)14-8-6-5-7-9-14/h5-10,12,22H,11H2,1-4H3,(H,18,21). The first-order chi connectivity index (χ1) is 10.3. The summed E-state index contributed by atoms with van der Waals surface area (Å²) in [4.78, 5) is 12.2. The molecule has 0 aliphatic heterocycles. The molecule has 0 bridgehead atoms. The van der Waals surface area contributed by atoms with Crippen LogP contribution in [0.2, 0.25) is 0 Å². The smallest absolute Gasteiger partial charge is 0.271 e. The first-order valence-electron chi connectivity index (χ1n) is 7.44.